The minimum Gasteiger partial charge on any atom is -0.354 e. The van der Waals surface area contributed by atoms with E-state index >= 15 is 0 Å². The minimum absolute atomic E-state index is 0.0288. The summed E-state index contributed by atoms with van der Waals surface area (Å²) < 4.78 is 68.3. The summed E-state index contributed by atoms with van der Waals surface area (Å²) in [6.07, 6.45) is 1.48. The van der Waals surface area contributed by atoms with Crippen LogP contribution in [0.25, 0.3) is 21.8 Å². The number of hydrogen-bond donors (Lipinski definition) is 0. The third kappa shape index (κ3) is 4.77. The van der Waals surface area contributed by atoms with Crippen LogP contribution < -0.4 is 4.90 Å². The predicted molar refractivity (Wildman–Crippen MR) is 125 cm³/mol. The number of benzene rings is 2. The number of rotatable bonds is 6. The van der Waals surface area contributed by atoms with Crippen molar-refractivity contribution in [2.45, 2.75) is 10.6 Å². The van der Waals surface area contributed by atoms with Crippen LogP contribution in [-0.2, 0) is 15.6 Å². The molecule has 0 spiro atoms. The number of nitrogens with zero attached hydrogens (tertiary/aromatic N) is 4. The van der Waals surface area contributed by atoms with Crippen molar-refractivity contribution in [1.82, 2.24) is 15.0 Å². The van der Waals surface area contributed by atoms with E-state index in [0.29, 0.717) is 27.0 Å². The van der Waals surface area contributed by atoms with Crippen LogP contribution in [0.5, 0.6) is 0 Å². The molecule has 0 aliphatic rings. The molecule has 0 N–H and O–H groups in total. The highest BCUT2D eigenvalue weighted by Gasteiger charge is 2.26. The molecule has 4 rings (SSSR count). The molecule has 0 aliphatic heterocycles. The summed E-state index contributed by atoms with van der Waals surface area (Å²) in [5.74, 6) is -4.26. The van der Waals surface area contributed by atoms with E-state index in [0.717, 1.165) is 24.3 Å². The predicted octanol–water partition coefficient (Wildman–Crippen LogP) is 5.38. The highest BCUT2D eigenvalue weighted by atomic mass is 35.5. The number of halogens is 4. The molecule has 0 fully saturated rings. The van der Waals surface area contributed by atoms with Gasteiger partial charge in [-0.15, -0.1) is 0 Å². The summed E-state index contributed by atoms with van der Waals surface area (Å²) in [6, 6.07) is 8.18. The van der Waals surface area contributed by atoms with Gasteiger partial charge in [0.15, 0.2) is 15.0 Å². The highest BCUT2D eigenvalue weighted by Crippen LogP contribution is 2.40. The van der Waals surface area contributed by atoms with Crippen molar-refractivity contribution in [2.24, 2.45) is 0 Å². The van der Waals surface area contributed by atoms with Crippen LogP contribution in [0.15, 0.2) is 53.6 Å². The summed E-state index contributed by atoms with van der Waals surface area (Å²) in [4.78, 5) is 14.0. The molecule has 2 heterocycles. The van der Waals surface area contributed by atoms with Gasteiger partial charge in [0, 0.05) is 31.4 Å². The lowest BCUT2D eigenvalue weighted by molar-refractivity contribution is 0.518. The average Bonchev–Trinajstić information content (AvgIpc) is 3.21. The van der Waals surface area contributed by atoms with E-state index in [2.05, 4.69) is 15.0 Å². The Balaban J connectivity index is 1.82. The maximum atomic E-state index is 14.6. The van der Waals surface area contributed by atoms with Gasteiger partial charge < -0.3 is 4.90 Å². The maximum Gasteiger partial charge on any atom is 0.222 e. The fourth-order valence-corrected chi connectivity index (χ4v) is 5.85. The van der Waals surface area contributed by atoms with Gasteiger partial charge in [0.1, 0.15) is 22.3 Å². The van der Waals surface area contributed by atoms with E-state index in [1.807, 2.05) is 0 Å². The van der Waals surface area contributed by atoms with Gasteiger partial charge in [-0.25, -0.2) is 36.5 Å². The van der Waals surface area contributed by atoms with Gasteiger partial charge in [-0.1, -0.05) is 17.4 Å². The second-order valence-electron chi connectivity index (χ2n) is 7.40. The monoisotopic (exact) mass is 524 g/mol. The lowest BCUT2D eigenvalue weighted by Crippen LogP contribution is -2.11. The Bertz CT molecular complexity index is 1470. The van der Waals surface area contributed by atoms with Gasteiger partial charge in [0.25, 0.3) is 0 Å². The molecule has 0 aliphatic carbocycles. The first kappa shape index (κ1) is 24.1. The van der Waals surface area contributed by atoms with Gasteiger partial charge in [0.2, 0.25) is 5.28 Å². The third-order valence-corrected chi connectivity index (χ3v) is 7.88. The molecule has 0 amide bonds. The van der Waals surface area contributed by atoms with Gasteiger partial charge in [0.05, 0.1) is 22.0 Å². The number of sulfone groups is 1. The molecule has 0 saturated heterocycles. The molecule has 4 aromatic rings. The molecule has 0 bridgehead atoms. The standard InChI is InChI=1S/C22H16ClF3N4O2S2/c1-30(2)22-29-18(19(33-22)17-8-9-27-21(23)28-17)12-6-7-14(24)13(10-12)11-34(31,32)20-15(25)4-3-5-16(20)26/h3-10H,11H2,1-2H3. The normalized spacial score (nSPS) is 11.6. The lowest BCUT2D eigenvalue weighted by atomic mass is 10.1. The fraction of sp³-hybridized carbons (Fsp3) is 0.136. The average molecular weight is 525 g/mol. The minimum atomic E-state index is -4.53. The van der Waals surface area contributed by atoms with Crippen LogP contribution in [0.2, 0.25) is 5.28 Å². The van der Waals surface area contributed by atoms with Crippen molar-refractivity contribution >= 4 is 37.9 Å². The number of thiazole rings is 1. The maximum absolute atomic E-state index is 14.6. The Kier molecular flexibility index (Phi) is 6.61. The fourth-order valence-electron chi connectivity index (χ4n) is 3.22. The highest BCUT2D eigenvalue weighted by molar-refractivity contribution is 7.90. The van der Waals surface area contributed by atoms with E-state index in [-0.39, 0.29) is 10.8 Å². The molecule has 2 aromatic heterocycles. The van der Waals surface area contributed by atoms with Crippen LogP contribution in [0, 0.1) is 17.5 Å². The van der Waals surface area contributed by atoms with Crippen molar-refractivity contribution in [2.75, 3.05) is 19.0 Å². The first-order valence-corrected chi connectivity index (χ1v) is 12.5. The van der Waals surface area contributed by atoms with Crippen molar-refractivity contribution in [3.8, 4) is 21.8 Å². The van der Waals surface area contributed by atoms with Gasteiger partial charge in [-0.3, -0.25) is 0 Å². The van der Waals surface area contributed by atoms with E-state index in [1.54, 1.807) is 25.1 Å². The zero-order valence-corrected chi connectivity index (χ0v) is 20.1. The van der Waals surface area contributed by atoms with Gasteiger partial charge in [-0.05, 0) is 48.0 Å². The SMILES string of the molecule is CN(C)c1nc(-c2ccc(F)c(CS(=O)(=O)c3c(F)cccc3F)c2)c(-c2ccnc(Cl)n2)s1. The summed E-state index contributed by atoms with van der Waals surface area (Å²) in [7, 11) is -0.933. The van der Waals surface area contributed by atoms with Crippen LogP contribution in [0.3, 0.4) is 0 Å². The largest absolute Gasteiger partial charge is 0.354 e. The first-order chi connectivity index (χ1) is 16.1. The summed E-state index contributed by atoms with van der Waals surface area (Å²) >= 11 is 7.24. The summed E-state index contributed by atoms with van der Waals surface area (Å²) in [6.45, 7) is 0. The molecule has 2 aromatic carbocycles. The van der Waals surface area contributed by atoms with Crippen LogP contribution in [-0.4, -0.2) is 37.5 Å². The lowest BCUT2D eigenvalue weighted by Gasteiger charge is -2.10. The van der Waals surface area contributed by atoms with Crippen molar-refractivity contribution in [1.29, 1.82) is 0 Å². The molecule has 34 heavy (non-hydrogen) atoms. The van der Waals surface area contributed by atoms with E-state index in [1.165, 1.54) is 29.7 Å². The summed E-state index contributed by atoms with van der Waals surface area (Å²) in [5.41, 5.74) is 1.03. The molecule has 0 radical (unpaired) electrons. The van der Waals surface area contributed by atoms with Crippen molar-refractivity contribution in [3.05, 3.63) is 77.0 Å². The first-order valence-electron chi connectivity index (χ1n) is 9.69. The van der Waals surface area contributed by atoms with Crippen molar-refractivity contribution < 1.29 is 21.6 Å². The molecular formula is C22H16ClF3N4O2S2. The molecule has 6 nitrogen and oxygen atoms in total. The topological polar surface area (TPSA) is 76.1 Å². The Hall–Kier alpha value is -3.02. The number of aromatic nitrogens is 3. The smallest absolute Gasteiger partial charge is 0.222 e. The molecule has 0 saturated carbocycles. The number of hydrogen-bond acceptors (Lipinski definition) is 7. The Morgan fingerprint density at radius 3 is 2.35 bits per heavy atom. The third-order valence-electron chi connectivity index (χ3n) is 4.75. The molecule has 176 valence electrons. The van der Waals surface area contributed by atoms with E-state index in [9.17, 15) is 21.6 Å². The van der Waals surface area contributed by atoms with E-state index < -0.39 is 37.9 Å². The Morgan fingerprint density at radius 1 is 1.00 bits per heavy atom. The van der Waals surface area contributed by atoms with Crippen LogP contribution in [0.4, 0.5) is 18.3 Å². The Morgan fingerprint density at radius 2 is 1.71 bits per heavy atom. The van der Waals surface area contributed by atoms with Crippen molar-refractivity contribution in [3.63, 3.8) is 0 Å². The van der Waals surface area contributed by atoms with Crippen LogP contribution >= 0.6 is 22.9 Å². The molecule has 12 heteroatoms. The molecular weight excluding hydrogens is 509 g/mol. The number of anilines is 1. The van der Waals surface area contributed by atoms with Gasteiger partial charge >= 0.3 is 0 Å². The second kappa shape index (κ2) is 9.32. The van der Waals surface area contributed by atoms with Gasteiger partial charge in [-0.2, -0.15) is 0 Å². The second-order valence-corrected chi connectivity index (χ2v) is 10.6. The Labute approximate surface area is 202 Å². The summed E-state index contributed by atoms with van der Waals surface area (Å²) in [5, 5.41) is 0.646. The molecule has 0 unspecified atom stereocenters. The van der Waals surface area contributed by atoms with E-state index in [4.69, 9.17) is 11.6 Å². The molecule has 0 atom stereocenters. The van der Waals surface area contributed by atoms with Crippen LogP contribution in [0.1, 0.15) is 5.56 Å². The zero-order valence-electron chi connectivity index (χ0n) is 17.8. The zero-order chi connectivity index (χ0) is 24.6. The quantitative estimate of drug-likeness (QED) is 0.315.